The lowest BCUT2D eigenvalue weighted by Gasteiger charge is -2.24. The Hall–Kier alpha value is -3.00. The maximum atomic E-state index is 10.2. The van der Waals surface area contributed by atoms with E-state index in [2.05, 4.69) is 52.4 Å². The van der Waals surface area contributed by atoms with Gasteiger partial charge < -0.3 is 36.6 Å². The predicted octanol–water partition coefficient (Wildman–Crippen LogP) is 3.77. The van der Waals surface area contributed by atoms with Crippen LogP contribution in [-0.4, -0.2) is 42.5 Å². The van der Waals surface area contributed by atoms with Gasteiger partial charge in [-0.25, -0.2) is 0 Å². The maximum Gasteiger partial charge on any atom is 0.125 e. The Labute approximate surface area is 191 Å². The van der Waals surface area contributed by atoms with Crippen molar-refractivity contribution in [2.24, 2.45) is 11.5 Å². The third kappa shape index (κ3) is 7.02. The number of phenolic OH excluding ortho intramolecular Hbond substituents is 2. The first-order chi connectivity index (χ1) is 15.3. The van der Waals surface area contributed by atoms with Crippen LogP contribution < -0.4 is 16.8 Å². The van der Waals surface area contributed by atoms with Crippen LogP contribution in [0.25, 0.3) is 0 Å². The molecular formula is C25H36N4O3. The molecule has 3 rings (SSSR count). The van der Waals surface area contributed by atoms with Gasteiger partial charge >= 0.3 is 0 Å². The molecule has 2 aromatic rings. The third-order valence-corrected chi connectivity index (χ3v) is 5.26. The molecule has 0 aliphatic carbocycles. The number of nitrogens with two attached hydrogens (primary N) is 2. The van der Waals surface area contributed by atoms with Gasteiger partial charge in [-0.05, 0) is 41.3 Å². The molecule has 1 heterocycles. The van der Waals surface area contributed by atoms with Gasteiger partial charge in [0.1, 0.15) is 17.7 Å². The second-order valence-electron chi connectivity index (χ2n) is 8.04. The average Bonchev–Trinajstić information content (AvgIpc) is 2.76. The molecule has 32 heavy (non-hydrogen) atoms. The van der Waals surface area contributed by atoms with Crippen LogP contribution in [0, 0.1) is 0 Å². The Balaban J connectivity index is 0.000000837. The van der Waals surface area contributed by atoms with Crippen molar-refractivity contribution >= 4 is 5.69 Å². The van der Waals surface area contributed by atoms with Crippen molar-refractivity contribution in [3.8, 4) is 11.5 Å². The first kappa shape index (κ1) is 25.3. The summed E-state index contributed by atoms with van der Waals surface area (Å²) in [5, 5.41) is 23.4. The highest BCUT2D eigenvalue weighted by atomic mass is 16.5. The molecule has 0 spiro atoms. The number of ether oxygens (including phenoxy) is 1. The van der Waals surface area contributed by atoms with Crippen molar-refractivity contribution in [1.29, 1.82) is 0 Å². The zero-order valence-electron chi connectivity index (χ0n) is 19.4. The van der Waals surface area contributed by atoms with E-state index in [0.29, 0.717) is 12.3 Å². The van der Waals surface area contributed by atoms with Crippen LogP contribution >= 0.6 is 0 Å². The minimum absolute atomic E-state index is 0.0150. The first-order valence-corrected chi connectivity index (χ1v) is 10.7. The molecule has 0 radical (unpaired) electrons. The fourth-order valence-corrected chi connectivity index (χ4v) is 3.34. The molecule has 0 bridgehead atoms. The molecule has 2 aromatic carbocycles. The molecule has 7 N–H and O–H groups in total. The van der Waals surface area contributed by atoms with Crippen LogP contribution in [0.1, 0.15) is 42.6 Å². The van der Waals surface area contributed by atoms with Gasteiger partial charge in [-0.1, -0.05) is 38.1 Å². The molecule has 0 saturated carbocycles. The quantitative estimate of drug-likeness (QED) is 0.416. The topological polar surface area (TPSA) is 117 Å². The molecular weight excluding hydrogens is 404 g/mol. The zero-order valence-corrected chi connectivity index (χ0v) is 19.4. The molecule has 174 valence electrons. The summed E-state index contributed by atoms with van der Waals surface area (Å²) < 4.78 is 4.32. The number of hydrogen-bond acceptors (Lipinski definition) is 7. The number of likely N-dealkylation sites (N-methyl/N-ethyl adjacent to an activating group) is 1. The standard InChI is InChI=1S/C23H29N3O2.C2H7NO/c1-15(2)19-13-20(22(28)14-21(19)27)23(24)25-17-9-7-16(8-10-17)12-18-6-4-5-11-26(18)3;1-4-2-3/h4-10,13-15,23,25,27-28H,11-12,24H2,1-3H3;2-3H2,1H3. The second kappa shape index (κ2) is 12.1. The number of methoxy groups -OCH3 is 1. The van der Waals surface area contributed by atoms with Crippen LogP contribution in [0.2, 0.25) is 0 Å². The highest BCUT2D eigenvalue weighted by molar-refractivity contribution is 5.52. The van der Waals surface area contributed by atoms with Crippen LogP contribution in [-0.2, 0) is 11.2 Å². The maximum absolute atomic E-state index is 10.2. The number of benzene rings is 2. The molecule has 0 saturated heterocycles. The lowest BCUT2D eigenvalue weighted by molar-refractivity contribution is 0.207. The van der Waals surface area contributed by atoms with E-state index in [1.165, 1.54) is 17.3 Å². The van der Waals surface area contributed by atoms with Crippen molar-refractivity contribution < 1.29 is 14.9 Å². The Morgan fingerprint density at radius 2 is 1.72 bits per heavy atom. The van der Waals surface area contributed by atoms with Crippen LogP contribution in [0.15, 0.2) is 60.3 Å². The van der Waals surface area contributed by atoms with Crippen molar-refractivity contribution in [1.82, 2.24) is 4.90 Å². The first-order valence-electron chi connectivity index (χ1n) is 10.7. The lowest BCUT2D eigenvalue weighted by Crippen LogP contribution is -2.21. The molecule has 0 amide bonds. The predicted molar refractivity (Wildman–Crippen MR) is 130 cm³/mol. The minimum Gasteiger partial charge on any atom is -0.508 e. The minimum atomic E-state index is -0.582. The highest BCUT2D eigenvalue weighted by Crippen LogP contribution is 2.34. The van der Waals surface area contributed by atoms with Gasteiger partial charge in [0.15, 0.2) is 0 Å². The van der Waals surface area contributed by atoms with Gasteiger partial charge in [0, 0.05) is 50.1 Å². The Morgan fingerprint density at radius 3 is 2.28 bits per heavy atom. The van der Waals surface area contributed by atoms with Crippen LogP contribution in [0.3, 0.4) is 0 Å². The summed E-state index contributed by atoms with van der Waals surface area (Å²) >= 11 is 0. The van der Waals surface area contributed by atoms with Crippen molar-refractivity contribution in [2.75, 3.05) is 32.7 Å². The van der Waals surface area contributed by atoms with Crippen LogP contribution in [0.4, 0.5) is 5.69 Å². The van der Waals surface area contributed by atoms with Crippen molar-refractivity contribution in [3.05, 3.63) is 77.0 Å². The molecule has 0 fully saturated rings. The fourth-order valence-electron chi connectivity index (χ4n) is 3.34. The van der Waals surface area contributed by atoms with E-state index in [-0.39, 0.29) is 17.4 Å². The van der Waals surface area contributed by atoms with E-state index in [0.717, 1.165) is 24.2 Å². The highest BCUT2D eigenvalue weighted by Gasteiger charge is 2.16. The summed E-state index contributed by atoms with van der Waals surface area (Å²) in [5.74, 6) is 0.205. The van der Waals surface area contributed by atoms with Gasteiger partial charge in [-0.3, -0.25) is 0 Å². The number of phenols is 2. The summed E-state index contributed by atoms with van der Waals surface area (Å²) in [6.07, 6.45) is 6.68. The number of rotatable bonds is 7. The lowest BCUT2D eigenvalue weighted by atomic mass is 9.97. The van der Waals surface area contributed by atoms with E-state index in [9.17, 15) is 10.2 Å². The molecule has 7 nitrogen and oxygen atoms in total. The molecule has 1 aliphatic heterocycles. The molecule has 1 aliphatic rings. The zero-order chi connectivity index (χ0) is 23.7. The van der Waals surface area contributed by atoms with Gasteiger partial charge in [0.25, 0.3) is 0 Å². The molecule has 1 atom stereocenters. The smallest absolute Gasteiger partial charge is 0.125 e. The molecule has 1 unspecified atom stereocenters. The molecule has 0 aromatic heterocycles. The normalized spacial score (nSPS) is 14.0. The van der Waals surface area contributed by atoms with E-state index in [4.69, 9.17) is 11.5 Å². The number of allylic oxidation sites excluding steroid dienone is 3. The molecule has 7 heteroatoms. The number of hydrogen-bond donors (Lipinski definition) is 5. The van der Waals surface area contributed by atoms with Gasteiger partial charge in [0.05, 0.1) is 6.73 Å². The van der Waals surface area contributed by atoms with Crippen molar-refractivity contribution in [3.63, 3.8) is 0 Å². The SMILES string of the molecule is CC(C)c1cc(C(N)Nc2ccc(CC3=CC=CCN3C)cc2)c(O)cc1O.COCN. The second-order valence-corrected chi connectivity index (χ2v) is 8.04. The number of nitrogens with one attached hydrogen (secondary N) is 1. The van der Waals surface area contributed by atoms with Gasteiger partial charge in [0.2, 0.25) is 0 Å². The van der Waals surface area contributed by atoms with Gasteiger partial charge in [-0.2, -0.15) is 0 Å². The fraction of sp³-hybridized carbons (Fsp3) is 0.360. The number of anilines is 1. The summed E-state index contributed by atoms with van der Waals surface area (Å²) in [7, 11) is 3.65. The van der Waals surface area contributed by atoms with Crippen molar-refractivity contribution in [2.45, 2.75) is 32.4 Å². The van der Waals surface area contributed by atoms with Gasteiger partial charge in [-0.15, -0.1) is 0 Å². The number of aromatic hydroxyl groups is 2. The summed E-state index contributed by atoms with van der Waals surface area (Å²) in [4.78, 5) is 2.24. The van der Waals surface area contributed by atoms with E-state index >= 15 is 0 Å². The monoisotopic (exact) mass is 440 g/mol. The van der Waals surface area contributed by atoms with E-state index in [1.807, 2.05) is 26.0 Å². The Bertz CT molecular complexity index is 922. The summed E-state index contributed by atoms with van der Waals surface area (Å²) in [6, 6.07) is 11.3. The third-order valence-electron chi connectivity index (χ3n) is 5.26. The summed E-state index contributed by atoms with van der Waals surface area (Å²) in [5.41, 5.74) is 15.8. The average molecular weight is 441 g/mol. The Morgan fingerprint density at radius 1 is 1.09 bits per heavy atom. The van der Waals surface area contributed by atoms with E-state index < -0.39 is 6.17 Å². The number of nitrogens with zero attached hydrogens (tertiary/aromatic N) is 1. The summed E-state index contributed by atoms with van der Waals surface area (Å²) in [6.45, 7) is 5.24. The Kier molecular flexibility index (Phi) is 9.59. The van der Waals surface area contributed by atoms with Crippen LogP contribution in [0.5, 0.6) is 11.5 Å². The largest absolute Gasteiger partial charge is 0.508 e. The van der Waals surface area contributed by atoms with E-state index in [1.54, 1.807) is 13.2 Å².